The molecule has 0 radical (unpaired) electrons. The van der Waals surface area contributed by atoms with E-state index in [-0.39, 0.29) is 27.1 Å². The first-order valence-electron chi connectivity index (χ1n) is 9.74. The number of aryl methyl sites for hydroxylation is 1. The maximum atomic E-state index is 12.6. The number of carbonyl (C=O) groups excluding carboxylic acids is 1. The van der Waals surface area contributed by atoms with E-state index in [2.05, 4.69) is 10.0 Å². The first-order valence-corrected chi connectivity index (χ1v) is 13.1. The van der Waals surface area contributed by atoms with Gasteiger partial charge in [-0.25, -0.2) is 8.42 Å². The summed E-state index contributed by atoms with van der Waals surface area (Å²) >= 11 is 13.8. The summed E-state index contributed by atoms with van der Waals surface area (Å²) in [6, 6.07) is 18.6. The van der Waals surface area contributed by atoms with Crippen LogP contribution in [0.3, 0.4) is 0 Å². The van der Waals surface area contributed by atoms with Crippen LogP contribution in [-0.4, -0.2) is 26.6 Å². The molecule has 3 aromatic carbocycles. The van der Waals surface area contributed by atoms with Gasteiger partial charge < -0.3 is 5.32 Å². The van der Waals surface area contributed by atoms with Crippen molar-refractivity contribution in [3.63, 3.8) is 0 Å². The number of nitrogens with one attached hydrogen (secondary N) is 2. The zero-order valence-electron chi connectivity index (χ0n) is 17.3. The summed E-state index contributed by atoms with van der Waals surface area (Å²) in [5.41, 5.74) is 2.54. The lowest BCUT2D eigenvalue weighted by Gasteiger charge is -2.11. The number of halogens is 2. The van der Waals surface area contributed by atoms with Crippen molar-refractivity contribution < 1.29 is 13.2 Å². The zero-order valence-corrected chi connectivity index (χ0v) is 20.4. The van der Waals surface area contributed by atoms with E-state index in [1.54, 1.807) is 23.9 Å². The standard InChI is InChI=1S/C23H22Cl2N2O3S2/c1-16-5-8-20(9-6-16)32(29,30)27-19-7-10-22(25)21(14-19)23(28)26-11-12-31-15-17-3-2-4-18(24)13-17/h2-10,13-14,27H,11-12,15H2,1H3,(H,26,28). The molecule has 0 aliphatic carbocycles. The van der Waals surface area contributed by atoms with Gasteiger partial charge in [0.25, 0.3) is 15.9 Å². The van der Waals surface area contributed by atoms with E-state index < -0.39 is 10.0 Å². The largest absolute Gasteiger partial charge is 0.351 e. The van der Waals surface area contributed by atoms with Crippen LogP contribution >= 0.6 is 35.0 Å². The summed E-state index contributed by atoms with van der Waals surface area (Å²) in [5.74, 6) is 1.12. The van der Waals surface area contributed by atoms with Gasteiger partial charge in [-0.1, -0.05) is 53.0 Å². The quantitative estimate of drug-likeness (QED) is 0.360. The second-order valence-corrected chi connectivity index (χ2v) is 10.7. The lowest BCUT2D eigenvalue weighted by atomic mass is 10.2. The summed E-state index contributed by atoms with van der Waals surface area (Å²) in [6.07, 6.45) is 0. The Hall–Kier alpha value is -2.19. The van der Waals surface area contributed by atoms with Crippen LogP contribution < -0.4 is 10.0 Å². The van der Waals surface area contributed by atoms with Gasteiger partial charge >= 0.3 is 0 Å². The molecule has 0 unspecified atom stereocenters. The number of carbonyl (C=O) groups is 1. The molecule has 0 bridgehead atoms. The Morgan fingerprint density at radius 1 is 1.00 bits per heavy atom. The maximum absolute atomic E-state index is 12.6. The van der Waals surface area contributed by atoms with E-state index in [0.717, 1.165) is 16.9 Å². The Kier molecular flexibility index (Phi) is 8.48. The molecule has 3 aromatic rings. The van der Waals surface area contributed by atoms with Crippen molar-refractivity contribution in [1.29, 1.82) is 0 Å². The van der Waals surface area contributed by atoms with Crippen LogP contribution in [0, 0.1) is 6.92 Å². The molecule has 1 amide bonds. The van der Waals surface area contributed by atoms with Gasteiger partial charge in [0, 0.05) is 28.8 Å². The van der Waals surface area contributed by atoms with Crippen LogP contribution in [0.25, 0.3) is 0 Å². The van der Waals surface area contributed by atoms with Gasteiger partial charge in [0.15, 0.2) is 0 Å². The number of thioether (sulfide) groups is 1. The smallest absolute Gasteiger partial charge is 0.261 e. The average molecular weight is 509 g/mol. The van der Waals surface area contributed by atoms with Crippen LogP contribution in [0.2, 0.25) is 10.0 Å². The number of hydrogen-bond acceptors (Lipinski definition) is 4. The monoisotopic (exact) mass is 508 g/mol. The molecule has 0 spiro atoms. The molecule has 9 heteroatoms. The molecule has 5 nitrogen and oxygen atoms in total. The zero-order chi connectivity index (χ0) is 23.1. The first kappa shape index (κ1) is 24.5. The van der Waals surface area contributed by atoms with Crippen molar-refractivity contribution in [2.75, 3.05) is 17.0 Å². The number of hydrogen-bond donors (Lipinski definition) is 2. The minimum atomic E-state index is -3.78. The maximum Gasteiger partial charge on any atom is 0.261 e. The van der Waals surface area contributed by atoms with Crippen molar-refractivity contribution in [3.8, 4) is 0 Å². The third kappa shape index (κ3) is 6.90. The normalized spacial score (nSPS) is 11.2. The predicted octanol–water partition coefficient (Wildman–Crippen LogP) is 5.77. The molecule has 0 saturated heterocycles. The van der Waals surface area contributed by atoms with Gasteiger partial charge in [0.05, 0.1) is 15.5 Å². The molecule has 0 heterocycles. The highest BCUT2D eigenvalue weighted by atomic mass is 35.5. The number of benzene rings is 3. The fourth-order valence-corrected chi connectivity index (χ4v) is 5.11. The Balaban J connectivity index is 1.57. The summed E-state index contributed by atoms with van der Waals surface area (Å²) in [5, 5.41) is 3.76. The highest BCUT2D eigenvalue weighted by Gasteiger charge is 2.16. The molecule has 0 aliphatic heterocycles. The summed E-state index contributed by atoms with van der Waals surface area (Å²) in [7, 11) is -3.78. The molecule has 0 atom stereocenters. The van der Waals surface area contributed by atoms with Crippen molar-refractivity contribution >= 4 is 56.6 Å². The Morgan fingerprint density at radius 3 is 2.47 bits per heavy atom. The Morgan fingerprint density at radius 2 is 1.75 bits per heavy atom. The third-order valence-corrected chi connectivity index (χ3v) is 7.48. The second kappa shape index (κ2) is 11.1. The number of amides is 1. The number of anilines is 1. The highest BCUT2D eigenvalue weighted by Crippen LogP contribution is 2.23. The third-order valence-electron chi connectivity index (χ3n) is 4.48. The molecular formula is C23H22Cl2N2O3S2. The SMILES string of the molecule is Cc1ccc(S(=O)(=O)Nc2ccc(Cl)c(C(=O)NCCSCc3cccc(Cl)c3)c2)cc1. The van der Waals surface area contributed by atoms with E-state index >= 15 is 0 Å². The van der Waals surface area contributed by atoms with Gasteiger partial charge in [-0.2, -0.15) is 11.8 Å². The molecule has 2 N–H and O–H groups in total. The molecule has 32 heavy (non-hydrogen) atoms. The van der Waals surface area contributed by atoms with Gasteiger partial charge in [0.1, 0.15) is 0 Å². The molecule has 3 rings (SSSR count). The van der Waals surface area contributed by atoms with Crippen LogP contribution in [0.15, 0.2) is 71.6 Å². The van der Waals surface area contributed by atoms with E-state index in [1.807, 2.05) is 31.2 Å². The van der Waals surface area contributed by atoms with Gasteiger partial charge in [-0.15, -0.1) is 0 Å². The molecular weight excluding hydrogens is 487 g/mol. The first-order chi connectivity index (χ1) is 15.2. The van der Waals surface area contributed by atoms with Gasteiger partial charge in [-0.3, -0.25) is 9.52 Å². The average Bonchev–Trinajstić information content (AvgIpc) is 2.75. The van der Waals surface area contributed by atoms with Crippen molar-refractivity contribution in [2.24, 2.45) is 0 Å². The minimum absolute atomic E-state index is 0.140. The molecule has 168 valence electrons. The predicted molar refractivity (Wildman–Crippen MR) is 133 cm³/mol. The van der Waals surface area contributed by atoms with Crippen LogP contribution in [-0.2, 0) is 15.8 Å². The lowest BCUT2D eigenvalue weighted by molar-refractivity contribution is 0.0956. The highest BCUT2D eigenvalue weighted by molar-refractivity contribution is 7.98. The second-order valence-electron chi connectivity index (χ2n) is 7.05. The molecule has 0 saturated carbocycles. The van der Waals surface area contributed by atoms with Crippen molar-refractivity contribution in [3.05, 3.63) is 93.5 Å². The van der Waals surface area contributed by atoms with E-state index in [9.17, 15) is 13.2 Å². The van der Waals surface area contributed by atoms with E-state index in [0.29, 0.717) is 17.3 Å². The fourth-order valence-electron chi connectivity index (χ4n) is 2.84. The van der Waals surface area contributed by atoms with E-state index in [4.69, 9.17) is 23.2 Å². The van der Waals surface area contributed by atoms with Gasteiger partial charge in [-0.05, 0) is 55.0 Å². The van der Waals surface area contributed by atoms with E-state index in [1.165, 1.54) is 30.3 Å². The minimum Gasteiger partial charge on any atom is -0.351 e. The van der Waals surface area contributed by atoms with Gasteiger partial charge in [0.2, 0.25) is 0 Å². The molecule has 0 aromatic heterocycles. The van der Waals surface area contributed by atoms with Crippen molar-refractivity contribution in [1.82, 2.24) is 5.32 Å². The lowest BCUT2D eigenvalue weighted by Crippen LogP contribution is -2.26. The summed E-state index contributed by atoms with van der Waals surface area (Å²) < 4.78 is 27.7. The molecule has 0 aliphatic rings. The number of sulfonamides is 1. The molecule has 0 fully saturated rings. The summed E-state index contributed by atoms with van der Waals surface area (Å²) in [6.45, 7) is 2.32. The van der Waals surface area contributed by atoms with Crippen LogP contribution in [0.1, 0.15) is 21.5 Å². The Bertz CT molecular complexity index is 1200. The van der Waals surface area contributed by atoms with Crippen molar-refractivity contribution in [2.45, 2.75) is 17.6 Å². The van der Waals surface area contributed by atoms with Crippen LogP contribution in [0.5, 0.6) is 0 Å². The fraction of sp³-hybridized carbons (Fsp3) is 0.174. The van der Waals surface area contributed by atoms with Crippen LogP contribution in [0.4, 0.5) is 5.69 Å². The topological polar surface area (TPSA) is 75.3 Å². The Labute approximate surface area is 202 Å². The summed E-state index contributed by atoms with van der Waals surface area (Å²) in [4.78, 5) is 12.7. The number of rotatable bonds is 9.